The third kappa shape index (κ3) is 5.59. The van der Waals surface area contributed by atoms with E-state index in [0.717, 1.165) is 43.2 Å². The Morgan fingerprint density at radius 2 is 1.52 bits per heavy atom. The second kappa shape index (κ2) is 10.0. The Kier molecular flexibility index (Phi) is 7.16. The van der Waals surface area contributed by atoms with E-state index in [4.69, 9.17) is 23.2 Å². The lowest BCUT2D eigenvalue weighted by atomic mass is 9.96. The summed E-state index contributed by atoms with van der Waals surface area (Å²) < 4.78 is 0. The molecule has 0 saturated carbocycles. The lowest BCUT2D eigenvalue weighted by Crippen LogP contribution is -2.41. The van der Waals surface area contributed by atoms with Gasteiger partial charge < -0.3 is 10.2 Å². The van der Waals surface area contributed by atoms with E-state index in [0.29, 0.717) is 30.5 Å². The summed E-state index contributed by atoms with van der Waals surface area (Å²) in [6, 6.07) is 15.2. The van der Waals surface area contributed by atoms with E-state index in [1.165, 1.54) is 5.56 Å². The highest BCUT2D eigenvalue weighted by molar-refractivity contribution is 6.30. The Morgan fingerprint density at radius 1 is 0.903 bits per heavy atom. The van der Waals surface area contributed by atoms with Gasteiger partial charge in [-0.2, -0.15) is 0 Å². The van der Waals surface area contributed by atoms with Gasteiger partial charge in [0.15, 0.2) is 0 Å². The van der Waals surface area contributed by atoms with Crippen molar-refractivity contribution < 1.29 is 9.59 Å². The molecule has 1 N–H and O–H groups in total. The van der Waals surface area contributed by atoms with Crippen LogP contribution in [0.25, 0.3) is 0 Å². The highest BCUT2D eigenvalue weighted by Crippen LogP contribution is 2.27. The minimum atomic E-state index is -0.597. The molecule has 2 amide bonds. The van der Waals surface area contributed by atoms with Gasteiger partial charge in [-0.3, -0.25) is 14.5 Å². The largest absolute Gasteiger partial charge is 0.355 e. The molecule has 31 heavy (non-hydrogen) atoms. The number of rotatable bonds is 6. The van der Waals surface area contributed by atoms with Crippen LogP contribution in [0.15, 0.2) is 48.5 Å². The number of halogens is 2. The third-order valence-corrected chi connectivity index (χ3v) is 6.76. The predicted molar refractivity (Wildman–Crippen MR) is 124 cm³/mol. The summed E-state index contributed by atoms with van der Waals surface area (Å²) in [6.07, 6.45) is 2.64. The van der Waals surface area contributed by atoms with Gasteiger partial charge in [0.05, 0.1) is 0 Å². The van der Waals surface area contributed by atoms with Gasteiger partial charge in [-0.05, 0) is 80.2 Å². The Balaban J connectivity index is 1.21. The van der Waals surface area contributed by atoms with Crippen molar-refractivity contribution in [3.05, 3.63) is 64.1 Å². The Hall–Kier alpha value is -2.08. The molecule has 0 unspecified atom stereocenters. The maximum absolute atomic E-state index is 12.7. The van der Waals surface area contributed by atoms with Gasteiger partial charge in [-0.1, -0.05) is 35.3 Å². The van der Waals surface area contributed by atoms with Gasteiger partial charge in [-0.15, -0.1) is 0 Å². The van der Waals surface area contributed by atoms with E-state index in [-0.39, 0.29) is 11.8 Å². The van der Waals surface area contributed by atoms with Crippen molar-refractivity contribution in [2.75, 3.05) is 31.1 Å². The lowest BCUT2D eigenvalue weighted by molar-refractivity contribution is -0.132. The van der Waals surface area contributed by atoms with E-state index in [2.05, 4.69) is 22.3 Å². The maximum atomic E-state index is 12.7. The molecule has 0 bridgehead atoms. The van der Waals surface area contributed by atoms with Crippen LogP contribution in [-0.2, 0) is 16.1 Å². The zero-order valence-corrected chi connectivity index (χ0v) is 18.9. The van der Waals surface area contributed by atoms with Gasteiger partial charge in [-0.25, -0.2) is 0 Å². The first-order chi connectivity index (χ1) is 15.0. The second-order valence-electron chi connectivity index (χ2n) is 8.40. The highest BCUT2D eigenvalue weighted by atomic mass is 35.5. The summed E-state index contributed by atoms with van der Waals surface area (Å²) in [5, 5.41) is 4.42. The fourth-order valence-electron chi connectivity index (χ4n) is 4.37. The van der Waals surface area contributed by atoms with Crippen molar-refractivity contribution in [1.29, 1.82) is 0 Å². The van der Waals surface area contributed by atoms with E-state index in [1.807, 2.05) is 24.3 Å². The molecule has 2 aliphatic heterocycles. The molecular weight excluding hydrogens is 433 g/mol. The third-order valence-electron chi connectivity index (χ3n) is 6.25. The highest BCUT2D eigenvalue weighted by Gasteiger charge is 2.37. The van der Waals surface area contributed by atoms with E-state index in [9.17, 15) is 9.59 Å². The first-order valence-corrected chi connectivity index (χ1v) is 11.6. The lowest BCUT2D eigenvalue weighted by Gasteiger charge is -2.32. The molecule has 7 heteroatoms. The average molecular weight is 460 g/mol. The minimum Gasteiger partial charge on any atom is -0.355 e. The van der Waals surface area contributed by atoms with Crippen molar-refractivity contribution in [3.63, 3.8) is 0 Å². The molecule has 5 nitrogen and oxygen atoms in total. The van der Waals surface area contributed by atoms with Crippen LogP contribution in [0.2, 0.25) is 10.0 Å². The van der Waals surface area contributed by atoms with E-state index >= 15 is 0 Å². The zero-order valence-electron chi connectivity index (χ0n) is 17.4. The second-order valence-corrected chi connectivity index (χ2v) is 9.27. The summed E-state index contributed by atoms with van der Waals surface area (Å²) in [5.74, 6) is -0.419. The molecule has 4 rings (SSSR count). The summed E-state index contributed by atoms with van der Waals surface area (Å²) in [7, 11) is 0. The number of anilines is 1. The number of nitrogens with zero attached hydrogens (tertiary/aromatic N) is 2. The molecule has 2 aromatic rings. The molecule has 0 aromatic heterocycles. The predicted octanol–water partition coefficient (Wildman–Crippen LogP) is 4.37. The van der Waals surface area contributed by atoms with Crippen molar-refractivity contribution in [3.8, 4) is 0 Å². The Labute approximate surface area is 193 Å². The van der Waals surface area contributed by atoms with Crippen LogP contribution >= 0.6 is 23.2 Å². The summed E-state index contributed by atoms with van der Waals surface area (Å²) in [5.41, 5.74) is 2.05. The first-order valence-electron chi connectivity index (χ1n) is 10.8. The number of carbonyl (C=O) groups is 2. The number of benzene rings is 2. The Bertz CT molecular complexity index is 909. The SMILES string of the molecule is O=C(NCC1CCN(Cc2ccc(Cl)cc2)CC1)[C@H]1CCN(c2ccc(Cl)cc2)C1=O. The van der Waals surface area contributed by atoms with Crippen molar-refractivity contribution >= 4 is 40.7 Å². The van der Waals surface area contributed by atoms with Crippen LogP contribution in [0.3, 0.4) is 0 Å². The molecule has 2 heterocycles. The number of carbonyl (C=O) groups excluding carboxylic acids is 2. The fraction of sp³-hybridized carbons (Fsp3) is 0.417. The molecule has 2 saturated heterocycles. The van der Waals surface area contributed by atoms with Crippen LogP contribution in [0.1, 0.15) is 24.8 Å². The van der Waals surface area contributed by atoms with Crippen molar-refractivity contribution in [2.45, 2.75) is 25.8 Å². The molecule has 164 valence electrons. The van der Waals surface area contributed by atoms with Gasteiger partial charge in [0.1, 0.15) is 5.92 Å². The zero-order chi connectivity index (χ0) is 21.8. The van der Waals surface area contributed by atoms with Crippen LogP contribution in [0.4, 0.5) is 5.69 Å². The normalized spacial score (nSPS) is 20.3. The molecular formula is C24H27Cl2N3O2. The van der Waals surface area contributed by atoms with Crippen molar-refractivity contribution in [2.24, 2.45) is 11.8 Å². The molecule has 1 atom stereocenters. The van der Waals surface area contributed by atoms with Gasteiger partial charge >= 0.3 is 0 Å². The smallest absolute Gasteiger partial charge is 0.239 e. The molecule has 0 radical (unpaired) electrons. The molecule has 2 aromatic carbocycles. The first kappa shape index (κ1) is 22.1. The number of piperidine rings is 1. The summed E-state index contributed by atoms with van der Waals surface area (Å²) in [6.45, 7) is 4.14. The maximum Gasteiger partial charge on any atom is 0.239 e. The number of amides is 2. The standard InChI is InChI=1S/C24H27Cl2N3O2/c25-19-3-1-18(2-4-19)16-28-12-9-17(10-13-28)15-27-23(30)22-11-14-29(24(22)31)21-7-5-20(26)6-8-21/h1-8,17,22H,9-16H2,(H,27,30)/t22-/m1/s1. The van der Waals surface area contributed by atoms with Crippen LogP contribution < -0.4 is 10.2 Å². The van der Waals surface area contributed by atoms with Gasteiger partial charge in [0.2, 0.25) is 11.8 Å². The monoisotopic (exact) mass is 459 g/mol. The Morgan fingerprint density at radius 3 is 2.16 bits per heavy atom. The van der Waals surface area contributed by atoms with Crippen LogP contribution in [0, 0.1) is 11.8 Å². The van der Waals surface area contributed by atoms with Gasteiger partial charge in [0.25, 0.3) is 0 Å². The number of likely N-dealkylation sites (tertiary alicyclic amines) is 1. The molecule has 0 spiro atoms. The quantitative estimate of drug-likeness (QED) is 0.652. The summed E-state index contributed by atoms with van der Waals surface area (Å²) in [4.78, 5) is 29.5. The van der Waals surface area contributed by atoms with Crippen molar-refractivity contribution in [1.82, 2.24) is 10.2 Å². The van der Waals surface area contributed by atoms with E-state index in [1.54, 1.807) is 17.0 Å². The number of hydrogen-bond donors (Lipinski definition) is 1. The number of hydrogen-bond acceptors (Lipinski definition) is 3. The van der Waals surface area contributed by atoms with E-state index < -0.39 is 5.92 Å². The minimum absolute atomic E-state index is 0.127. The van der Waals surface area contributed by atoms with Crippen LogP contribution in [-0.4, -0.2) is 42.9 Å². The molecule has 0 aliphatic carbocycles. The molecule has 2 aliphatic rings. The summed E-state index contributed by atoms with van der Waals surface area (Å²) >= 11 is 11.9. The van der Waals surface area contributed by atoms with Gasteiger partial charge in [0, 0.05) is 35.4 Å². The fourth-order valence-corrected chi connectivity index (χ4v) is 4.62. The molecule has 2 fully saturated rings. The average Bonchev–Trinajstić information content (AvgIpc) is 3.16. The number of nitrogens with one attached hydrogen (secondary N) is 1. The van der Waals surface area contributed by atoms with Crippen LogP contribution in [0.5, 0.6) is 0 Å². The topological polar surface area (TPSA) is 52.7 Å².